The van der Waals surface area contributed by atoms with Gasteiger partial charge in [0.05, 0.1) is 23.7 Å². The maximum Gasteiger partial charge on any atom is 0.292 e. The summed E-state index contributed by atoms with van der Waals surface area (Å²) in [6, 6.07) is 5.86. The van der Waals surface area contributed by atoms with Crippen LogP contribution in [0.3, 0.4) is 0 Å². The Labute approximate surface area is 114 Å². The Bertz CT molecular complexity index is 512. The smallest absolute Gasteiger partial charge is 0.292 e. The van der Waals surface area contributed by atoms with Crippen molar-refractivity contribution in [2.24, 2.45) is 0 Å². The van der Waals surface area contributed by atoms with E-state index in [-0.39, 0.29) is 31.0 Å². The minimum Gasteiger partial charge on any atom is -0.389 e. The van der Waals surface area contributed by atoms with Gasteiger partial charge in [0.15, 0.2) is 0 Å². The number of aliphatic hydroxyl groups is 2. The van der Waals surface area contributed by atoms with Gasteiger partial charge in [0, 0.05) is 19.2 Å². The average Bonchev–Trinajstić information content (AvgIpc) is 2.68. The summed E-state index contributed by atoms with van der Waals surface area (Å²) in [6.45, 7) is 0.358. The molecule has 0 aliphatic carbocycles. The van der Waals surface area contributed by atoms with Crippen LogP contribution in [0.15, 0.2) is 24.3 Å². The molecule has 1 heterocycles. The molecule has 108 valence electrons. The fourth-order valence-electron chi connectivity index (χ4n) is 2.11. The summed E-state index contributed by atoms with van der Waals surface area (Å²) in [4.78, 5) is 23.6. The van der Waals surface area contributed by atoms with Crippen molar-refractivity contribution in [3.63, 3.8) is 0 Å². The van der Waals surface area contributed by atoms with Crippen LogP contribution in [0, 0.1) is 10.1 Å². The van der Waals surface area contributed by atoms with E-state index in [1.54, 1.807) is 11.0 Å². The van der Waals surface area contributed by atoms with Gasteiger partial charge in [0.1, 0.15) is 5.69 Å². The molecule has 1 aromatic carbocycles. The number of hydrogen-bond acceptors (Lipinski definition) is 6. The van der Waals surface area contributed by atoms with Gasteiger partial charge in [-0.3, -0.25) is 19.8 Å². The van der Waals surface area contributed by atoms with Gasteiger partial charge in [-0.05, 0) is 6.07 Å². The number of nitro benzene ring substituents is 1. The summed E-state index contributed by atoms with van der Waals surface area (Å²) in [5.74, 6) is -0.430. The minimum atomic E-state index is -0.867. The lowest BCUT2D eigenvalue weighted by atomic mass is 10.2. The number of likely N-dealkylation sites (tertiary alicyclic amines) is 1. The summed E-state index contributed by atoms with van der Waals surface area (Å²) >= 11 is 0. The molecule has 0 radical (unpaired) electrons. The largest absolute Gasteiger partial charge is 0.389 e. The van der Waals surface area contributed by atoms with Crippen molar-refractivity contribution in [2.75, 3.05) is 25.0 Å². The molecule has 0 spiro atoms. The third-order valence-corrected chi connectivity index (χ3v) is 3.08. The quantitative estimate of drug-likeness (QED) is 0.509. The van der Waals surface area contributed by atoms with E-state index in [4.69, 9.17) is 0 Å². The summed E-state index contributed by atoms with van der Waals surface area (Å²) in [7, 11) is 0. The van der Waals surface area contributed by atoms with E-state index >= 15 is 0 Å². The summed E-state index contributed by atoms with van der Waals surface area (Å²) in [5, 5.41) is 32.0. The van der Waals surface area contributed by atoms with Crippen LogP contribution in [0.2, 0.25) is 0 Å². The van der Waals surface area contributed by atoms with Crippen molar-refractivity contribution < 1.29 is 19.9 Å². The molecular weight excluding hydrogens is 266 g/mol. The van der Waals surface area contributed by atoms with Gasteiger partial charge in [-0.1, -0.05) is 12.1 Å². The molecule has 8 nitrogen and oxygen atoms in total. The molecule has 1 aliphatic rings. The number of para-hydroxylation sites is 2. The number of benzene rings is 1. The standard InChI is InChI=1S/C12H15N3O5/c16-10-5-14(6-11(10)17)7-12(18)13-8-3-1-2-4-9(8)15(19)20/h1-4,10-11,16-17H,5-7H2,(H,13,18). The van der Waals surface area contributed by atoms with Crippen molar-refractivity contribution in [3.05, 3.63) is 34.4 Å². The second kappa shape index (κ2) is 5.95. The predicted octanol–water partition coefficient (Wildman–Crippen LogP) is -0.429. The Morgan fingerprint density at radius 2 is 1.95 bits per heavy atom. The van der Waals surface area contributed by atoms with Crippen LogP contribution in [-0.2, 0) is 4.79 Å². The molecule has 1 saturated heterocycles. The first-order valence-corrected chi connectivity index (χ1v) is 6.09. The number of carbonyl (C=O) groups excluding carboxylic acids is 1. The van der Waals surface area contributed by atoms with E-state index < -0.39 is 23.0 Å². The molecule has 2 rings (SSSR count). The highest BCUT2D eigenvalue weighted by atomic mass is 16.6. The van der Waals surface area contributed by atoms with Gasteiger partial charge in [0.25, 0.3) is 5.69 Å². The second-order valence-corrected chi connectivity index (χ2v) is 4.65. The van der Waals surface area contributed by atoms with Crippen molar-refractivity contribution >= 4 is 17.3 Å². The van der Waals surface area contributed by atoms with Crippen LogP contribution < -0.4 is 5.32 Å². The van der Waals surface area contributed by atoms with E-state index in [9.17, 15) is 25.1 Å². The zero-order valence-corrected chi connectivity index (χ0v) is 10.6. The second-order valence-electron chi connectivity index (χ2n) is 4.65. The molecule has 2 atom stereocenters. The number of aliphatic hydroxyl groups excluding tert-OH is 2. The van der Waals surface area contributed by atoms with Crippen LogP contribution >= 0.6 is 0 Å². The lowest BCUT2D eigenvalue weighted by Gasteiger charge is -2.14. The highest BCUT2D eigenvalue weighted by molar-refractivity contribution is 5.94. The van der Waals surface area contributed by atoms with Gasteiger partial charge >= 0.3 is 0 Å². The zero-order chi connectivity index (χ0) is 14.7. The van der Waals surface area contributed by atoms with Crippen LogP contribution in [0.25, 0.3) is 0 Å². The number of nitrogens with one attached hydrogen (secondary N) is 1. The SMILES string of the molecule is O=C(CN1CC(O)C(O)C1)Nc1ccccc1[N+](=O)[O-]. The first-order valence-electron chi connectivity index (χ1n) is 6.09. The Balaban J connectivity index is 1.97. The van der Waals surface area contributed by atoms with Crippen LogP contribution in [-0.4, -0.2) is 57.8 Å². The highest BCUT2D eigenvalue weighted by Gasteiger charge is 2.30. The lowest BCUT2D eigenvalue weighted by molar-refractivity contribution is -0.383. The average molecular weight is 281 g/mol. The molecule has 1 amide bonds. The molecule has 0 aromatic heterocycles. The van der Waals surface area contributed by atoms with Crippen LogP contribution in [0.1, 0.15) is 0 Å². The van der Waals surface area contributed by atoms with E-state index in [0.717, 1.165) is 0 Å². The molecular formula is C12H15N3O5. The molecule has 20 heavy (non-hydrogen) atoms. The van der Waals surface area contributed by atoms with E-state index in [0.29, 0.717) is 0 Å². The van der Waals surface area contributed by atoms with E-state index in [1.165, 1.54) is 18.2 Å². The number of amides is 1. The minimum absolute atomic E-state index is 0.0415. The molecule has 0 saturated carbocycles. The van der Waals surface area contributed by atoms with Gasteiger partial charge in [-0.2, -0.15) is 0 Å². The van der Waals surface area contributed by atoms with Crippen molar-refractivity contribution in [1.82, 2.24) is 4.90 Å². The molecule has 1 aromatic rings. The number of nitrogens with zero attached hydrogens (tertiary/aromatic N) is 2. The zero-order valence-electron chi connectivity index (χ0n) is 10.6. The van der Waals surface area contributed by atoms with E-state index in [2.05, 4.69) is 5.32 Å². The number of β-amino-alcohol motifs (C(OH)–C–C–N with tert-alkyl or cyclic N) is 2. The van der Waals surface area contributed by atoms with E-state index in [1.807, 2.05) is 0 Å². The molecule has 1 aliphatic heterocycles. The number of nitro groups is 1. The van der Waals surface area contributed by atoms with Gasteiger partial charge < -0.3 is 15.5 Å². The number of rotatable bonds is 4. The number of carbonyl (C=O) groups is 1. The summed E-state index contributed by atoms with van der Waals surface area (Å²) < 4.78 is 0. The number of hydrogen-bond donors (Lipinski definition) is 3. The Morgan fingerprint density at radius 1 is 1.35 bits per heavy atom. The first kappa shape index (κ1) is 14.4. The van der Waals surface area contributed by atoms with Crippen molar-refractivity contribution in [2.45, 2.75) is 12.2 Å². The molecule has 0 bridgehead atoms. The molecule has 1 fully saturated rings. The Hall–Kier alpha value is -2.03. The maximum atomic E-state index is 11.8. The fraction of sp³-hybridized carbons (Fsp3) is 0.417. The summed E-state index contributed by atoms with van der Waals surface area (Å²) in [6.07, 6.45) is -1.73. The Kier molecular flexibility index (Phi) is 4.28. The normalized spacial score (nSPS) is 22.7. The Morgan fingerprint density at radius 3 is 2.55 bits per heavy atom. The maximum absolute atomic E-state index is 11.8. The van der Waals surface area contributed by atoms with Crippen LogP contribution in [0.5, 0.6) is 0 Å². The molecule has 8 heteroatoms. The number of anilines is 1. The fourth-order valence-corrected chi connectivity index (χ4v) is 2.11. The van der Waals surface area contributed by atoms with Crippen molar-refractivity contribution in [3.8, 4) is 0 Å². The van der Waals surface area contributed by atoms with Gasteiger partial charge in [0.2, 0.25) is 5.91 Å². The predicted molar refractivity (Wildman–Crippen MR) is 70.2 cm³/mol. The third-order valence-electron chi connectivity index (χ3n) is 3.08. The molecule has 2 unspecified atom stereocenters. The molecule has 3 N–H and O–H groups in total. The van der Waals surface area contributed by atoms with Crippen molar-refractivity contribution in [1.29, 1.82) is 0 Å². The third kappa shape index (κ3) is 3.29. The summed E-state index contributed by atoms with van der Waals surface area (Å²) in [5.41, 5.74) is -0.0508. The lowest BCUT2D eigenvalue weighted by Crippen LogP contribution is -2.32. The van der Waals surface area contributed by atoms with Gasteiger partial charge in [-0.15, -0.1) is 0 Å². The van der Waals surface area contributed by atoms with Crippen LogP contribution in [0.4, 0.5) is 11.4 Å². The topological polar surface area (TPSA) is 116 Å². The first-order chi connectivity index (χ1) is 9.47. The monoisotopic (exact) mass is 281 g/mol. The highest BCUT2D eigenvalue weighted by Crippen LogP contribution is 2.23. The van der Waals surface area contributed by atoms with Gasteiger partial charge in [-0.25, -0.2) is 0 Å².